The van der Waals surface area contributed by atoms with Gasteiger partial charge in [-0.25, -0.2) is 0 Å². The molecule has 1 aliphatic carbocycles. The van der Waals surface area contributed by atoms with Crippen LogP contribution in [0.2, 0.25) is 5.02 Å². The fourth-order valence-electron chi connectivity index (χ4n) is 1.78. The van der Waals surface area contributed by atoms with Crippen LogP contribution in [0.25, 0.3) is 0 Å². The van der Waals surface area contributed by atoms with Gasteiger partial charge in [-0.15, -0.1) is 0 Å². The maximum atomic E-state index is 11.4. The summed E-state index contributed by atoms with van der Waals surface area (Å²) in [7, 11) is 0. The summed E-state index contributed by atoms with van der Waals surface area (Å²) in [5.41, 5.74) is 0. The van der Waals surface area contributed by atoms with Crippen molar-refractivity contribution in [2.75, 3.05) is 19.7 Å². The van der Waals surface area contributed by atoms with Crippen LogP contribution >= 0.6 is 11.6 Å². The standard InChI is InChI=1S/C15H21ClN2O3/c16-11-1-5-14(6-2-11)21-10-13(19)9-17-8-7-15(20)18-12-3-4-12/h1-2,5-6,12-13,17,19H,3-4,7-10H2,(H,18,20). The Hall–Kier alpha value is -1.30. The summed E-state index contributed by atoms with van der Waals surface area (Å²) in [6.45, 7) is 1.14. The largest absolute Gasteiger partial charge is 0.491 e. The van der Waals surface area contributed by atoms with Gasteiger partial charge in [-0.3, -0.25) is 4.79 Å². The van der Waals surface area contributed by atoms with Crippen molar-refractivity contribution in [3.8, 4) is 5.75 Å². The molecule has 0 radical (unpaired) electrons. The average Bonchev–Trinajstić information content (AvgIpc) is 3.27. The van der Waals surface area contributed by atoms with Crippen LogP contribution in [0.1, 0.15) is 19.3 Å². The fraction of sp³-hybridized carbons (Fsp3) is 0.533. The highest BCUT2D eigenvalue weighted by Gasteiger charge is 2.22. The zero-order valence-corrected chi connectivity index (χ0v) is 12.6. The Morgan fingerprint density at radius 3 is 2.76 bits per heavy atom. The Kier molecular flexibility index (Phi) is 6.29. The van der Waals surface area contributed by atoms with E-state index in [-0.39, 0.29) is 12.5 Å². The molecule has 1 aliphatic rings. The van der Waals surface area contributed by atoms with Crippen LogP contribution in [0, 0.1) is 0 Å². The topological polar surface area (TPSA) is 70.6 Å². The van der Waals surface area contributed by atoms with Gasteiger partial charge in [-0.2, -0.15) is 0 Å². The van der Waals surface area contributed by atoms with E-state index in [1.54, 1.807) is 24.3 Å². The van der Waals surface area contributed by atoms with Crippen LogP contribution in [-0.2, 0) is 4.79 Å². The molecule has 0 bridgehead atoms. The van der Waals surface area contributed by atoms with Gasteiger partial charge >= 0.3 is 0 Å². The summed E-state index contributed by atoms with van der Waals surface area (Å²) in [4.78, 5) is 11.4. The molecule has 116 valence electrons. The maximum absolute atomic E-state index is 11.4. The Morgan fingerprint density at radius 2 is 2.10 bits per heavy atom. The molecule has 6 heteroatoms. The van der Waals surface area contributed by atoms with Crippen LogP contribution in [0.4, 0.5) is 0 Å². The number of halogens is 1. The molecule has 5 nitrogen and oxygen atoms in total. The van der Waals surface area contributed by atoms with E-state index in [4.69, 9.17) is 16.3 Å². The van der Waals surface area contributed by atoms with Gasteiger partial charge in [0.05, 0.1) is 0 Å². The van der Waals surface area contributed by atoms with Crippen LogP contribution in [0.3, 0.4) is 0 Å². The number of ether oxygens (including phenoxy) is 1. The zero-order valence-electron chi connectivity index (χ0n) is 11.8. The Labute approximate surface area is 129 Å². The minimum Gasteiger partial charge on any atom is -0.491 e. The zero-order chi connectivity index (χ0) is 15.1. The van der Waals surface area contributed by atoms with Gasteiger partial charge in [0.1, 0.15) is 18.5 Å². The first kappa shape index (κ1) is 16.1. The lowest BCUT2D eigenvalue weighted by molar-refractivity contribution is -0.121. The first-order valence-corrected chi connectivity index (χ1v) is 7.58. The van der Waals surface area contributed by atoms with Gasteiger partial charge in [0.2, 0.25) is 5.91 Å². The van der Waals surface area contributed by atoms with E-state index in [0.717, 1.165) is 12.8 Å². The average molecular weight is 313 g/mol. The number of hydrogen-bond donors (Lipinski definition) is 3. The number of carbonyl (C=O) groups excluding carboxylic acids is 1. The van der Waals surface area contributed by atoms with Gasteiger partial charge in [-0.05, 0) is 37.1 Å². The number of hydrogen-bond acceptors (Lipinski definition) is 4. The Morgan fingerprint density at radius 1 is 1.38 bits per heavy atom. The molecule has 0 aromatic heterocycles. The molecule has 3 N–H and O–H groups in total. The van der Waals surface area contributed by atoms with Crippen molar-refractivity contribution in [1.29, 1.82) is 0 Å². The normalized spacial score (nSPS) is 15.5. The van der Waals surface area contributed by atoms with Crippen molar-refractivity contribution in [2.45, 2.75) is 31.4 Å². The molecule has 1 atom stereocenters. The van der Waals surface area contributed by atoms with E-state index in [9.17, 15) is 9.90 Å². The number of aliphatic hydroxyl groups is 1. The Bertz CT molecular complexity index is 449. The summed E-state index contributed by atoms with van der Waals surface area (Å²) in [6.07, 6.45) is 2.01. The molecule has 1 aromatic rings. The fourth-order valence-corrected chi connectivity index (χ4v) is 1.91. The van der Waals surface area contributed by atoms with E-state index >= 15 is 0 Å². The minimum absolute atomic E-state index is 0.0666. The monoisotopic (exact) mass is 312 g/mol. The molecule has 0 aliphatic heterocycles. The van der Waals surface area contributed by atoms with Gasteiger partial charge in [0, 0.05) is 30.6 Å². The second-order valence-corrected chi connectivity index (χ2v) is 5.65. The lowest BCUT2D eigenvalue weighted by Crippen LogP contribution is -2.34. The molecule has 1 aromatic carbocycles. The van der Waals surface area contributed by atoms with E-state index in [0.29, 0.717) is 36.3 Å². The SMILES string of the molecule is O=C(CCNCC(O)COc1ccc(Cl)cc1)NC1CC1. The molecule has 1 saturated carbocycles. The molecular formula is C15H21ClN2O3. The lowest BCUT2D eigenvalue weighted by atomic mass is 10.3. The van der Waals surface area contributed by atoms with Crippen LogP contribution in [0.15, 0.2) is 24.3 Å². The van der Waals surface area contributed by atoms with Crippen molar-refractivity contribution in [1.82, 2.24) is 10.6 Å². The summed E-state index contributed by atoms with van der Waals surface area (Å²) in [6, 6.07) is 7.38. The molecular weight excluding hydrogens is 292 g/mol. The molecule has 0 heterocycles. The third-order valence-electron chi connectivity index (χ3n) is 3.11. The summed E-state index contributed by atoms with van der Waals surface area (Å²) >= 11 is 5.77. The van der Waals surface area contributed by atoms with E-state index in [2.05, 4.69) is 10.6 Å². The van der Waals surface area contributed by atoms with Gasteiger partial charge in [0.15, 0.2) is 0 Å². The first-order chi connectivity index (χ1) is 10.1. The lowest BCUT2D eigenvalue weighted by Gasteiger charge is -2.13. The van der Waals surface area contributed by atoms with Crippen LogP contribution < -0.4 is 15.4 Å². The van der Waals surface area contributed by atoms with E-state index in [1.165, 1.54) is 0 Å². The maximum Gasteiger partial charge on any atom is 0.221 e. The van der Waals surface area contributed by atoms with Crippen molar-refractivity contribution in [2.24, 2.45) is 0 Å². The molecule has 21 heavy (non-hydrogen) atoms. The second kappa shape index (κ2) is 8.22. The molecule has 1 unspecified atom stereocenters. The third-order valence-corrected chi connectivity index (χ3v) is 3.36. The van der Waals surface area contributed by atoms with Gasteiger partial charge in [-0.1, -0.05) is 11.6 Å². The van der Waals surface area contributed by atoms with Crippen molar-refractivity contribution in [3.05, 3.63) is 29.3 Å². The van der Waals surface area contributed by atoms with Crippen molar-refractivity contribution >= 4 is 17.5 Å². The number of rotatable bonds is 9. The molecule has 0 saturated heterocycles. The van der Waals surface area contributed by atoms with Crippen LogP contribution in [0.5, 0.6) is 5.75 Å². The molecule has 1 amide bonds. The van der Waals surface area contributed by atoms with E-state index < -0.39 is 6.10 Å². The number of amides is 1. The molecule has 1 fully saturated rings. The highest BCUT2D eigenvalue weighted by molar-refractivity contribution is 6.30. The summed E-state index contributed by atoms with van der Waals surface area (Å²) in [5, 5.41) is 16.4. The number of benzene rings is 1. The number of aliphatic hydroxyl groups excluding tert-OH is 1. The first-order valence-electron chi connectivity index (χ1n) is 7.20. The predicted octanol–water partition coefficient (Wildman–Crippen LogP) is 1.34. The smallest absolute Gasteiger partial charge is 0.221 e. The van der Waals surface area contributed by atoms with Gasteiger partial charge < -0.3 is 20.5 Å². The predicted molar refractivity (Wildman–Crippen MR) is 81.6 cm³/mol. The number of carbonyl (C=O) groups is 1. The van der Waals surface area contributed by atoms with Crippen molar-refractivity contribution in [3.63, 3.8) is 0 Å². The summed E-state index contributed by atoms with van der Waals surface area (Å²) in [5.74, 6) is 0.735. The minimum atomic E-state index is -0.618. The third kappa shape index (κ3) is 6.80. The molecule has 0 spiro atoms. The second-order valence-electron chi connectivity index (χ2n) is 5.21. The van der Waals surface area contributed by atoms with Gasteiger partial charge in [0.25, 0.3) is 0 Å². The molecule has 2 rings (SSSR count). The van der Waals surface area contributed by atoms with Crippen LogP contribution in [-0.4, -0.2) is 42.9 Å². The van der Waals surface area contributed by atoms with E-state index in [1.807, 2.05) is 0 Å². The Balaban J connectivity index is 1.51. The quantitative estimate of drug-likeness (QED) is 0.602. The highest BCUT2D eigenvalue weighted by Crippen LogP contribution is 2.18. The summed E-state index contributed by atoms with van der Waals surface area (Å²) < 4.78 is 5.43. The number of nitrogens with one attached hydrogen (secondary N) is 2. The van der Waals surface area contributed by atoms with Crippen molar-refractivity contribution < 1.29 is 14.6 Å². The highest BCUT2D eigenvalue weighted by atomic mass is 35.5.